The second-order valence-electron chi connectivity index (χ2n) is 2.34. The second-order valence-corrected chi connectivity index (χ2v) is 3.76. The van der Waals surface area contributed by atoms with E-state index in [0.717, 1.165) is 6.07 Å². The van der Waals surface area contributed by atoms with Gasteiger partial charge in [-0.05, 0) is 18.2 Å². The van der Waals surface area contributed by atoms with Gasteiger partial charge in [0.25, 0.3) is 0 Å². The molecule has 0 aromatic heterocycles. The minimum absolute atomic E-state index is 0.0238. The van der Waals surface area contributed by atoms with Crippen LogP contribution < -0.4 is 5.73 Å². The fourth-order valence-corrected chi connectivity index (χ4v) is 1.61. The predicted molar refractivity (Wildman–Crippen MR) is 47.7 cm³/mol. The van der Waals surface area contributed by atoms with E-state index in [1.807, 2.05) is 0 Å². The van der Waals surface area contributed by atoms with E-state index in [1.54, 1.807) is 6.07 Å². The van der Waals surface area contributed by atoms with E-state index < -0.39 is 16.6 Å². The highest BCUT2D eigenvalue weighted by molar-refractivity contribution is 7.85. The first-order chi connectivity index (χ1) is 6.15. The summed E-state index contributed by atoms with van der Waals surface area (Å²) in [6.45, 7) is 0. The molecule has 0 amide bonds. The molecule has 1 atom stereocenters. The molecule has 1 aromatic carbocycles. The van der Waals surface area contributed by atoms with Crippen LogP contribution >= 0.6 is 0 Å². The topological polar surface area (TPSA) is 66.9 Å². The van der Waals surface area contributed by atoms with E-state index in [1.165, 1.54) is 12.1 Å². The maximum atomic E-state index is 13.0. The van der Waals surface area contributed by atoms with Crippen molar-refractivity contribution in [2.45, 2.75) is 4.90 Å². The normalized spacial score (nSPS) is 12.0. The van der Waals surface area contributed by atoms with Crippen LogP contribution in [0.25, 0.3) is 0 Å². The van der Waals surface area contributed by atoms with Crippen LogP contribution in [0.2, 0.25) is 0 Å². The van der Waals surface area contributed by atoms with Crippen LogP contribution in [-0.4, -0.2) is 9.96 Å². The van der Waals surface area contributed by atoms with Crippen molar-refractivity contribution in [3.63, 3.8) is 0 Å². The molecule has 0 fully saturated rings. The minimum Gasteiger partial charge on any atom is -0.399 e. The van der Waals surface area contributed by atoms with Crippen LogP contribution in [0.5, 0.6) is 0 Å². The molecule has 0 bridgehead atoms. The highest BCUT2D eigenvalue weighted by atomic mass is 32.2. The summed E-state index contributed by atoms with van der Waals surface area (Å²) in [5.74, 6) is -0.838. The average molecular weight is 198 g/mol. The number of halogens is 1. The zero-order valence-electron chi connectivity index (χ0n) is 6.66. The molecule has 1 aromatic rings. The number of nitriles is 1. The van der Waals surface area contributed by atoms with Crippen molar-refractivity contribution >= 4 is 16.5 Å². The lowest BCUT2D eigenvalue weighted by molar-refractivity contribution is 0.596. The van der Waals surface area contributed by atoms with Crippen molar-refractivity contribution in [3.8, 4) is 6.07 Å². The summed E-state index contributed by atoms with van der Waals surface area (Å²) in [6.07, 6.45) is 0. The smallest absolute Gasteiger partial charge is 0.141 e. The molecule has 1 rings (SSSR count). The van der Waals surface area contributed by atoms with Gasteiger partial charge in [-0.2, -0.15) is 5.26 Å². The zero-order chi connectivity index (χ0) is 9.84. The molecule has 0 aliphatic heterocycles. The Labute approximate surface area is 77.4 Å². The van der Waals surface area contributed by atoms with E-state index in [9.17, 15) is 8.60 Å². The highest BCUT2D eigenvalue weighted by Crippen LogP contribution is 2.15. The van der Waals surface area contributed by atoms with Crippen molar-refractivity contribution in [1.29, 1.82) is 5.26 Å². The Morgan fingerprint density at radius 2 is 2.31 bits per heavy atom. The molecular weight excluding hydrogens is 191 g/mol. The number of nitrogens with two attached hydrogens (primary N) is 1. The third-order valence-electron chi connectivity index (χ3n) is 1.40. The van der Waals surface area contributed by atoms with E-state index in [4.69, 9.17) is 11.0 Å². The molecule has 0 heterocycles. The Morgan fingerprint density at radius 3 is 2.85 bits per heavy atom. The lowest BCUT2D eigenvalue weighted by atomic mass is 10.3. The van der Waals surface area contributed by atoms with Crippen molar-refractivity contribution in [3.05, 3.63) is 24.0 Å². The van der Waals surface area contributed by atoms with E-state index >= 15 is 0 Å². The summed E-state index contributed by atoms with van der Waals surface area (Å²) in [7, 11) is -1.59. The largest absolute Gasteiger partial charge is 0.399 e. The van der Waals surface area contributed by atoms with Gasteiger partial charge < -0.3 is 5.73 Å². The van der Waals surface area contributed by atoms with Gasteiger partial charge >= 0.3 is 0 Å². The van der Waals surface area contributed by atoms with E-state index in [2.05, 4.69) is 0 Å². The third kappa shape index (κ3) is 2.26. The third-order valence-corrected chi connectivity index (χ3v) is 2.61. The average Bonchev–Trinajstić information content (AvgIpc) is 2.04. The van der Waals surface area contributed by atoms with Crippen molar-refractivity contribution in [2.24, 2.45) is 0 Å². The fraction of sp³-hybridized carbons (Fsp3) is 0.125. The van der Waals surface area contributed by atoms with Gasteiger partial charge in [-0.3, -0.25) is 4.21 Å². The SMILES string of the molecule is N#CCS(=O)c1ccc(N)cc1F. The van der Waals surface area contributed by atoms with Gasteiger partial charge in [-0.25, -0.2) is 4.39 Å². The molecule has 0 saturated heterocycles. The molecule has 0 spiro atoms. The summed E-state index contributed by atoms with van der Waals surface area (Å²) in [4.78, 5) is 0.0238. The number of hydrogen-bond donors (Lipinski definition) is 1. The van der Waals surface area contributed by atoms with Crippen LogP contribution in [0, 0.1) is 17.1 Å². The first-order valence-corrected chi connectivity index (χ1v) is 4.77. The van der Waals surface area contributed by atoms with Crippen LogP contribution in [0.4, 0.5) is 10.1 Å². The maximum absolute atomic E-state index is 13.0. The van der Waals surface area contributed by atoms with Crippen LogP contribution in [0.15, 0.2) is 23.1 Å². The first kappa shape index (κ1) is 9.68. The van der Waals surface area contributed by atoms with Gasteiger partial charge in [0, 0.05) is 5.69 Å². The van der Waals surface area contributed by atoms with E-state index in [0.29, 0.717) is 0 Å². The van der Waals surface area contributed by atoms with Gasteiger partial charge in [0.1, 0.15) is 11.6 Å². The molecule has 0 aliphatic carbocycles. The molecule has 68 valence electrons. The Morgan fingerprint density at radius 1 is 1.62 bits per heavy atom. The zero-order valence-corrected chi connectivity index (χ0v) is 7.47. The summed E-state index contributed by atoms with van der Waals surface area (Å²) in [6, 6.07) is 5.58. The Kier molecular flexibility index (Phi) is 2.98. The summed E-state index contributed by atoms with van der Waals surface area (Å²) >= 11 is 0. The molecule has 3 nitrogen and oxygen atoms in total. The molecule has 0 aliphatic rings. The molecule has 1 unspecified atom stereocenters. The summed E-state index contributed by atoms with van der Waals surface area (Å²) in [5, 5.41) is 8.25. The molecule has 0 radical (unpaired) electrons. The summed E-state index contributed by atoms with van der Waals surface area (Å²) < 4.78 is 24.2. The van der Waals surface area contributed by atoms with Crippen molar-refractivity contribution in [2.75, 3.05) is 11.5 Å². The van der Waals surface area contributed by atoms with Crippen molar-refractivity contribution in [1.82, 2.24) is 0 Å². The maximum Gasteiger partial charge on any atom is 0.141 e. The number of anilines is 1. The number of rotatable bonds is 2. The molecule has 0 saturated carbocycles. The minimum atomic E-state index is -1.59. The fourth-order valence-electron chi connectivity index (χ4n) is 0.838. The van der Waals surface area contributed by atoms with Gasteiger partial charge in [-0.15, -0.1) is 0 Å². The Balaban J connectivity index is 3.03. The number of nitrogen functional groups attached to an aromatic ring is 1. The Bertz CT molecular complexity index is 386. The van der Waals surface area contributed by atoms with Gasteiger partial charge in [-0.1, -0.05) is 0 Å². The highest BCUT2D eigenvalue weighted by Gasteiger charge is 2.09. The van der Waals surface area contributed by atoms with E-state index in [-0.39, 0.29) is 16.3 Å². The Hall–Kier alpha value is -1.41. The molecule has 5 heteroatoms. The predicted octanol–water partition coefficient (Wildman–Crippen LogP) is 1.04. The van der Waals surface area contributed by atoms with Crippen LogP contribution in [0.3, 0.4) is 0 Å². The summed E-state index contributed by atoms with van der Waals surface area (Å²) in [5.41, 5.74) is 5.57. The van der Waals surface area contributed by atoms with Gasteiger partial charge in [0.2, 0.25) is 0 Å². The van der Waals surface area contributed by atoms with Gasteiger partial charge in [0.15, 0.2) is 0 Å². The van der Waals surface area contributed by atoms with Gasteiger partial charge in [0.05, 0.1) is 21.8 Å². The lowest BCUT2D eigenvalue weighted by Crippen LogP contribution is -1.99. The number of nitrogens with zero attached hydrogens (tertiary/aromatic N) is 1. The molecular formula is C8H7FN2OS. The molecule has 13 heavy (non-hydrogen) atoms. The standard InChI is InChI=1S/C8H7FN2OS/c9-7-5-6(11)1-2-8(7)13(12)4-3-10/h1-2,5H,4,11H2. The van der Waals surface area contributed by atoms with Crippen molar-refractivity contribution < 1.29 is 8.60 Å². The first-order valence-electron chi connectivity index (χ1n) is 3.45. The number of benzene rings is 1. The lowest BCUT2D eigenvalue weighted by Gasteiger charge is -2.00. The monoisotopic (exact) mass is 198 g/mol. The quantitative estimate of drug-likeness (QED) is 0.722. The number of hydrogen-bond acceptors (Lipinski definition) is 3. The van der Waals surface area contributed by atoms with Crippen LogP contribution in [0.1, 0.15) is 0 Å². The molecule has 2 N–H and O–H groups in total. The second kappa shape index (κ2) is 4.01. The van der Waals surface area contributed by atoms with Crippen LogP contribution in [-0.2, 0) is 10.8 Å².